The molecule has 9 nitrogen and oxygen atoms in total. The summed E-state index contributed by atoms with van der Waals surface area (Å²) in [6.07, 6.45) is 0.255. The van der Waals surface area contributed by atoms with Crippen LogP contribution in [0.4, 0.5) is 5.69 Å². The predicted molar refractivity (Wildman–Crippen MR) is 174 cm³/mol. The monoisotopic (exact) mass is 663 g/mol. The van der Waals surface area contributed by atoms with Crippen LogP contribution in [0.5, 0.6) is 11.5 Å². The second kappa shape index (κ2) is 15.5. The molecule has 3 aromatic carbocycles. The van der Waals surface area contributed by atoms with E-state index in [9.17, 15) is 18.0 Å². The Morgan fingerprint density at radius 3 is 2.14 bits per heavy atom. The number of rotatable bonds is 14. The van der Waals surface area contributed by atoms with E-state index in [-0.39, 0.29) is 41.1 Å². The van der Waals surface area contributed by atoms with Gasteiger partial charge in [-0.2, -0.15) is 0 Å². The molecule has 0 aliphatic rings. The van der Waals surface area contributed by atoms with E-state index in [4.69, 9.17) is 32.7 Å². The van der Waals surface area contributed by atoms with Gasteiger partial charge in [-0.1, -0.05) is 67.7 Å². The largest absolute Gasteiger partial charge is 0.497 e. The van der Waals surface area contributed by atoms with Gasteiger partial charge in [0.25, 0.3) is 10.0 Å². The molecule has 44 heavy (non-hydrogen) atoms. The Bertz CT molecular complexity index is 1540. The fourth-order valence-corrected chi connectivity index (χ4v) is 6.47. The number of nitrogens with one attached hydrogen (secondary N) is 1. The van der Waals surface area contributed by atoms with Crippen LogP contribution in [-0.2, 0) is 26.2 Å². The van der Waals surface area contributed by atoms with Crippen molar-refractivity contribution < 1.29 is 27.5 Å². The van der Waals surface area contributed by atoms with Crippen LogP contribution in [0.15, 0.2) is 65.6 Å². The fourth-order valence-electron chi connectivity index (χ4n) is 4.54. The summed E-state index contributed by atoms with van der Waals surface area (Å²) in [5.74, 6) is -0.278. The highest BCUT2D eigenvalue weighted by molar-refractivity contribution is 7.92. The molecular weight excluding hydrogens is 625 g/mol. The minimum absolute atomic E-state index is 0.0248. The molecule has 2 amide bonds. The summed E-state index contributed by atoms with van der Waals surface area (Å²) in [4.78, 5) is 29.1. The van der Waals surface area contributed by atoms with Gasteiger partial charge in [0.15, 0.2) is 0 Å². The van der Waals surface area contributed by atoms with Gasteiger partial charge in [0.2, 0.25) is 11.8 Å². The van der Waals surface area contributed by atoms with Crippen LogP contribution in [-0.4, -0.2) is 58.5 Å². The summed E-state index contributed by atoms with van der Waals surface area (Å²) in [5.41, 5.74) is 1.39. The minimum atomic E-state index is -4.32. The molecule has 0 bridgehead atoms. The third-order valence-corrected chi connectivity index (χ3v) is 9.49. The zero-order valence-corrected chi connectivity index (χ0v) is 28.1. The standard InChI is InChI=1S/C32H39Cl2N3O6S/c1-7-28(32(39)35-18-21(2)3)36(19-25-26(33)9-8-10-27(25)34)31(38)20-37(29-17-23(42-5)13-16-30(29)43-6)44(40,41)24-14-11-22(4)12-15-24/h8-17,21,28H,7,18-20H2,1-6H3,(H,35,39)/t28-/m1/s1. The lowest BCUT2D eigenvalue weighted by Gasteiger charge is -2.34. The number of ether oxygens (including phenoxy) is 2. The van der Waals surface area contributed by atoms with Crippen LogP contribution < -0.4 is 19.1 Å². The maximum absolute atomic E-state index is 14.4. The van der Waals surface area contributed by atoms with Crippen LogP contribution in [0.1, 0.15) is 38.3 Å². The summed E-state index contributed by atoms with van der Waals surface area (Å²) in [6, 6.07) is 15.0. The van der Waals surface area contributed by atoms with Crippen LogP contribution in [0.3, 0.4) is 0 Å². The fraction of sp³-hybridized carbons (Fsp3) is 0.375. The van der Waals surface area contributed by atoms with Gasteiger partial charge >= 0.3 is 0 Å². The van der Waals surface area contributed by atoms with E-state index in [1.54, 1.807) is 49.4 Å². The SMILES string of the molecule is CC[C@H](C(=O)NCC(C)C)N(Cc1c(Cl)cccc1Cl)C(=O)CN(c1cc(OC)ccc1OC)S(=O)(=O)c1ccc(C)cc1. The molecule has 0 aliphatic heterocycles. The van der Waals surface area contributed by atoms with Gasteiger partial charge in [0.05, 0.1) is 24.8 Å². The first-order valence-corrected chi connectivity index (χ1v) is 16.3. The van der Waals surface area contributed by atoms with E-state index in [2.05, 4.69) is 5.32 Å². The van der Waals surface area contributed by atoms with E-state index in [0.29, 0.717) is 27.9 Å². The van der Waals surface area contributed by atoms with Crippen LogP contribution in [0.25, 0.3) is 0 Å². The van der Waals surface area contributed by atoms with Crippen molar-refractivity contribution in [3.05, 3.63) is 81.8 Å². The maximum atomic E-state index is 14.4. The Labute approximate surface area is 270 Å². The van der Waals surface area contributed by atoms with Crippen molar-refractivity contribution in [2.75, 3.05) is 31.6 Å². The number of hydrogen-bond acceptors (Lipinski definition) is 6. The molecule has 0 saturated heterocycles. The van der Waals surface area contributed by atoms with Gasteiger partial charge in [-0.25, -0.2) is 8.42 Å². The Morgan fingerprint density at radius 2 is 1.59 bits per heavy atom. The van der Waals surface area contributed by atoms with Gasteiger partial charge in [-0.15, -0.1) is 0 Å². The van der Waals surface area contributed by atoms with Crippen molar-refractivity contribution in [3.63, 3.8) is 0 Å². The number of carbonyl (C=O) groups is 2. The number of nitrogens with zero attached hydrogens (tertiary/aromatic N) is 2. The molecule has 0 unspecified atom stereocenters. The second-order valence-electron chi connectivity index (χ2n) is 10.6. The minimum Gasteiger partial charge on any atom is -0.497 e. The number of anilines is 1. The Balaban J connectivity index is 2.18. The number of methoxy groups -OCH3 is 2. The number of aryl methyl sites for hydroxylation is 1. The molecule has 0 fully saturated rings. The molecule has 12 heteroatoms. The average Bonchev–Trinajstić information content (AvgIpc) is 2.99. The van der Waals surface area contributed by atoms with Crippen molar-refractivity contribution in [2.24, 2.45) is 5.92 Å². The van der Waals surface area contributed by atoms with Crippen molar-refractivity contribution in [2.45, 2.75) is 51.6 Å². The van der Waals surface area contributed by atoms with Gasteiger partial charge in [0.1, 0.15) is 24.1 Å². The molecule has 1 N–H and O–H groups in total. The first kappa shape index (κ1) is 35.0. The molecule has 0 radical (unpaired) electrons. The normalized spacial score (nSPS) is 12.0. The van der Waals surface area contributed by atoms with Gasteiger partial charge in [-0.05, 0) is 55.7 Å². The quantitative estimate of drug-likeness (QED) is 0.224. The highest BCUT2D eigenvalue weighted by atomic mass is 35.5. The molecule has 3 rings (SSSR count). The van der Waals surface area contributed by atoms with Crippen molar-refractivity contribution in [1.29, 1.82) is 0 Å². The smallest absolute Gasteiger partial charge is 0.264 e. The third-order valence-electron chi connectivity index (χ3n) is 7.00. The lowest BCUT2D eigenvalue weighted by atomic mass is 10.1. The first-order valence-electron chi connectivity index (χ1n) is 14.1. The highest BCUT2D eigenvalue weighted by Crippen LogP contribution is 2.36. The van der Waals surface area contributed by atoms with Crippen molar-refractivity contribution >= 4 is 50.7 Å². The molecule has 0 aliphatic carbocycles. The summed E-state index contributed by atoms with van der Waals surface area (Å²) in [5, 5.41) is 3.52. The first-order chi connectivity index (χ1) is 20.8. The molecule has 3 aromatic rings. The molecule has 0 saturated carbocycles. The number of halogens is 2. The molecular formula is C32H39Cl2N3O6S. The Morgan fingerprint density at radius 1 is 0.955 bits per heavy atom. The second-order valence-corrected chi connectivity index (χ2v) is 13.3. The third kappa shape index (κ3) is 8.37. The number of carbonyl (C=O) groups excluding carboxylic acids is 2. The van der Waals surface area contributed by atoms with E-state index in [0.717, 1.165) is 9.87 Å². The van der Waals surface area contributed by atoms with Gasteiger partial charge in [-0.3, -0.25) is 13.9 Å². The van der Waals surface area contributed by atoms with Crippen LogP contribution in [0, 0.1) is 12.8 Å². The summed E-state index contributed by atoms with van der Waals surface area (Å²) in [6.45, 7) is 7.16. The maximum Gasteiger partial charge on any atom is 0.264 e. The molecule has 1 atom stereocenters. The summed E-state index contributed by atoms with van der Waals surface area (Å²) < 4.78 is 40.3. The zero-order chi connectivity index (χ0) is 32.6. The van der Waals surface area contributed by atoms with E-state index < -0.39 is 28.5 Å². The van der Waals surface area contributed by atoms with Gasteiger partial charge in [0, 0.05) is 34.8 Å². The molecule has 238 valence electrons. The number of amides is 2. The average molecular weight is 665 g/mol. The van der Waals surface area contributed by atoms with E-state index in [1.807, 2.05) is 20.8 Å². The number of hydrogen-bond donors (Lipinski definition) is 1. The Hall–Kier alpha value is -3.47. The molecule has 0 heterocycles. The topological polar surface area (TPSA) is 105 Å². The molecule has 0 spiro atoms. The lowest BCUT2D eigenvalue weighted by molar-refractivity contribution is -0.140. The van der Waals surface area contributed by atoms with Crippen LogP contribution >= 0.6 is 23.2 Å². The number of benzene rings is 3. The molecule has 0 aromatic heterocycles. The van der Waals surface area contributed by atoms with Crippen LogP contribution in [0.2, 0.25) is 10.0 Å². The van der Waals surface area contributed by atoms with Crippen molar-refractivity contribution in [1.82, 2.24) is 10.2 Å². The Kier molecular flexibility index (Phi) is 12.3. The highest BCUT2D eigenvalue weighted by Gasteiger charge is 2.35. The van der Waals surface area contributed by atoms with Gasteiger partial charge < -0.3 is 19.7 Å². The predicted octanol–water partition coefficient (Wildman–Crippen LogP) is 6.09. The van der Waals surface area contributed by atoms with E-state index in [1.165, 1.54) is 37.3 Å². The van der Waals surface area contributed by atoms with Crippen molar-refractivity contribution in [3.8, 4) is 11.5 Å². The summed E-state index contributed by atoms with van der Waals surface area (Å²) in [7, 11) is -1.47. The summed E-state index contributed by atoms with van der Waals surface area (Å²) >= 11 is 13.0. The zero-order valence-electron chi connectivity index (χ0n) is 25.8. The number of sulfonamides is 1. The van der Waals surface area contributed by atoms with E-state index >= 15 is 0 Å². The lowest BCUT2D eigenvalue weighted by Crippen LogP contribution is -2.52.